The highest BCUT2D eigenvalue weighted by Crippen LogP contribution is 2.39. The summed E-state index contributed by atoms with van der Waals surface area (Å²) in [5.74, 6) is -2.35. The summed E-state index contributed by atoms with van der Waals surface area (Å²) >= 11 is 0. The standard InChI is InChI=1S/C11H10N4O6/c1-2-21-11(18)9-8(12-14-13-9)5-3-6(15(19)20)10(17)7(16)4-5/h3-4,16-17H,2H2,1H3,(H,12,13,14). The lowest BCUT2D eigenvalue weighted by Gasteiger charge is -2.04. The molecule has 0 saturated heterocycles. The van der Waals surface area contributed by atoms with Gasteiger partial charge in [0.25, 0.3) is 0 Å². The van der Waals surface area contributed by atoms with Crippen LogP contribution < -0.4 is 0 Å². The molecule has 0 radical (unpaired) electrons. The number of esters is 1. The van der Waals surface area contributed by atoms with Crippen molar-refractivity contribution in [1.29, 1.82) is 0 Å². The van der Waals surface area contributed by atoms with Crippen LogP contribution in [0, 0.1) is 10.1 Å². The van der Waals surface area contributed by atoms with Gasteiger partial charge in [-0.15, -0.1) is 5.10 Å². The van der Waals surface area contributed by atoms with Crippen LogP contribution in [0.2, 0.25) is 0 Å². The average Bonchev–Trinajstić information content (AvgIpc) is 2.91. The van der Waals surface area contributed by atoms with Crippen molar-refractivity contribution < 1.29 is 24.7 Å². The summed E-state index contributed by atoms with van der Waals surface area (Å²) in [6.07, 6.45) is 0. The van der Waals surface area contributed by atoms with Gasteiger partial charge in [-0.25, -0.2) is 4.79 Å². The van der Waals surface area contributed by atoms with E-state index in [4.69, 9.17) is 4.74 Å². The normalized spacial score (nSPS) is 10.3. The molecule has 1 aromatic carbocycles. The van der Waals surface area contributed by atoms with E-state index in [1.54, 1.807) is 6.92 Å². The zero-order valence-electron chi connectivity index (χ0n) is 10.7. The fourth-order valence-electron chi connectivity index (χ4n) is 1.65. The van der Waals surface area contributed by atoms with Gasteiger partial charge in [0.05, 0.1) is 11.5 Å². The van der Waals surface area contributed by atoms with E-state index < -0.39 is 28.1 Å². The number of rotatable bonds is 4. The second-order valence-corrected chi connectivity index (χ2v) is 3.86. The average molecular weight is 294 g/mol. The Morgan fingerprint density at radius 2 is 2.14 bits per heavy atom. The van der Waals surface area contributed by atoms with Crippen molar-refractivity contribution >= 4 is 11.7 Å². The SMILES string of the molecule is CCOC(=O)c1n[nH]nc1-c1cc(O)c(O)c([N+](=O)[O-])c1. The third-order valence-electron chi connectivity index (χ3n) is 2.56. The highest BCUT2D eigenvalue weighted by molar-refractivity contribution is 5.94. The molecule has 3 N–H and O–H groups in total. The summed E-state index contributed by atoms with van der Waals surface area (Å²) in [4.78, 5) is 21.6. The Labute approximate surface area is 117 Å². The number of nitro groups is 1. The van der Waals surface area contributed by atoms with Crippen molar-refractivity contribution in [2.75, 3.05) is 6.61 Å². The molecule has 110 valence electrons. The number of aromatic hydroxyl groups is 2. The highest BCUT2D eigenvalue weighted by Gasteiger charge is 2.24. The minimum atomic E-state index is -0.872. The topological polar surface area (TPSA) is 151 Å². The maximum absolute atomic E-state index is 11.7. The molecule has 0 unspecified atom stereocenters. The predicted molar refractivity (Wildman–Crippen MR) is 67.8 cm³/mol. The van der Waals surface area contributed by atoms with E-state index in [0.717, 1.165) is 12.1 Å². The first-order valence-corrected chi connectivity index (χ1v) is 5.74. The molecule has 0 aliphatic rings. The van der Waals surface area contributed by atoms with Crippen LogP contribution in [0.5, 0.6) is 11.5 Å². The quantitative estimate of drug-likeness (QED) is 0.326. The number of nitrogens with one attached hydrogen (secondary N) is 1. The van der Waals surface area contributed by atoms with Gasteiger partial charge in [-0.1, -0.05) is 0 Å². The van der Waals surface area contributed by atoms with Crippen molar-refractivity contribution in [3.63, 3.8) is 0 Å². The molecule has 0 amide bonds. The maximum Gasteiger partial charge on any atom is 0.361 e. The van der Waals surface area contributed by atoms with E-state index in [9.17, 15) is 25.1 Å². The minimum absolute atomic E-state index is 0.0353. The van der Waals surface area contributed by atoms with Crippen LogP contribution in [-0.2, 0) is 4.74 Å². The Morgan fingerprint density at radius 1 is 1.43 bits per heavy atom. The molecule has 1 aromatic heterocycles. The number of hydrogen-bond acceptors (Lipinski definition) is 8. The number of carbonyl (C=O) groups is 1. The molecule has 2 aromatic rings. The van der Waals surface area contributed by atoms with Gasteiger partial charge in [0.2, 0.25) is 5.75 Å². The van der Waals surface area contributed by atoms with Gasteiger partial charge in [-0.05, 0) is 13.0 Å². The molecule has 10 heteroatoms. The van der Waals surface area contributed by atoms with E-state index in [2.05, 4.69) is 15.4 Å². The van der Waals surface area contributed by atoms with Gasteiger partial charge in [0.1, 0.15) is 5.69 Å². The first-order valence-electron chi connectivity index (χ1n) is 5.74. The van der Waals surface area contributed by atoms with Crippen LogP contribution >= 0.6 is 0 Å². The predicted octanol–water partition coefficient (Wildman–Crippen LogP) is 0.968. The number of ether oxygens (including phenoxy) is 1. The monoisotopic (exact) mass is 294 g/mol. The Morgan fingerprint density at radius 3 is 2.76 bits per heavy atom. The first-order chi connectivity index (χ1) is 9.95. The molecule has 10 nitrogen and oxygen atoms in total. The minimum Gasteiger partial charge on any atom is -0.504 e. The number of nitro benzene ring substituents is 1. The molecule has 0 aliphatic carbocycles. The highest BCUT2D eigenvalue weighted by atomic mass is 16.6. The Kier molecular flexibility index (Phi) is 3.69. The molecular formula is C11H10N4O6. The number of benzene rings is 1. The molecule has 0 spiro atoms. The second-order valence-electron chi connectivity index (χ2n) is 3.86. The van der Waals surface area contributed by atoms with Crippen molar-refractivity contribution in [2.24, 2.45) is 0 Å². The summed E-state index contributed by atoms with van der Waals surface area (Å²) in [5.41, 5.74) is -0.903. The Balaban J connectivity index is 2.56. The summed E-state index contributed by atoms with van der Waals surface area (Å²) < 4.78 is 4.77. The fraction of sp³-hybridized carbons (Fsp3) is 0.182. The van der Waals surface area contributed by atoms with Gasteiger partial charge in [0, 0.05) is 11.6 Å². The molecule has 0 atom stereocenters. The van der Waals surface area contributed by atoms with Crippen LogP contribution in [0.1, 0.15) is 17.4 Å². The fourth-order valence-corrected chi connectivity index (χ4v) is 1.65. The lowest BCUT2D eigenvalue weighted by Crippen LogP contribution is -2.06. The van der Waals surface area contributed by atoms with Crippen LogP contribution in [-0.4, -0.2) is 43.1 Å². The molecule has 0 saturated carbocycles. The largest absolute Gasteiger partial charge is 0.504 e. The Bertz CT molecular complexity index is 711. The van der Waals surface area contributed by atoms with Crippen molar-refractivity contribution in [1.82, 2.24) is 15.4 Å². The molecule has 2 rings (SSSR count). The molecular weight excluding hydrogens is 284 g/mol. The van der Waals surface area contributed by atoms with Crippen molar-refractivity contribution in [2.45, 2.75) is 6.92 Å². The van der Waals surface area contributed by atoms with Crippen LogP contribution in [0.15, 0.2) is 12.1 Å². The van der Waals surface area contributed by atoms with E-state index in [-0.39, 0.29) is 23.6 Å². The van der Waals surface area contributed by atoms with E-state index in [0.29, 0.717) is 0 Å². The van der Waals surface area contributed by atoms with Gasteiger partial charge >= 0.3 is 11.7 Å². The molecule has 0 fully saturated rings. The van der Waals surface area contributed by atoms with E-state index >= 15 is 0 Å². The van der Waals surface area contributed by atoms with E-state index in [1.807, 2.05) is 0 Å². The molecule has 21 heavy (non-hydrogen) atoms. The van der Waals surface area contributed by atoms with Crippen molar-refractivity contribution in [3.05, 3.63) is 27.9 Å². The summed E-state index contributed by atoms with van der Waals surface area (Å²) in [5, 5.41) is 39.3. The van der Waals surface area contributed by atoms with Gasteiger partial charge in [-0.3, -0.25) is 10.1 Å². The van der Waals surface area contributed by atoms with E-state index in [1.165, 1.54) is 0 Å². The summed E-state index contributed by atoms with van der Waals surface area (Å²) in [7, 11) is 0. The number of hydrogen-bond donors (Lipinski definition) is 3. The summed E-state index contributed by atoms with van der Waals surface area (Å²) in [6.45, 7) is 1.72. The summed E-state index contributed by atoms with van der Waals surface area (Å²) in [6, 6.07) is 2.00. The number of aromatic nitrogens is 3. The molecule has 0 bridgehead atoms. The Hall–Kier alpha value is -3.17. The number of phenols is 2. The smallest absolute Gasteiger partial charge is 0.361 e. The van der Waals surface area contributed by atoms with Crippen LogP contribution in [0.4, 0.5) is 5.69 Å². The number of aromatic amines is 1. The number of carbonyl (C=O) groups excluding carboxylic acids is 1. The van der Waals surface area contributed by atoms with Crippen LogP contribution in [0.25, 0.3) is 11.3 Å². The third kappa shape index (κ3) is 2.59. The third-order valence-corrected chi connectivity index (χ3v) is 2.56. The molecule has 1 heterocycles. The zero-order valence-corrected chi connectivity index (χ0v) is 10.7. The number of phenolic OH excluding ortho intramolecular Hbond substituents is 2. The number of nitrogens with zero attached hydrogens (tertiary/aromatic N) is 3. The lowest BCUT2D eigenvalue weighted by atomic mass is 10.1. The zero-order chi connectivity index (χ0) is 15.6. The van der Waals surface area contributed by atoms with Crippen molar-refractivity contribution in [3.8, 4) is 22.8 Å². The second kappa shape index (κ2) is 5.45. The van der Waals surface area contributed by atoms with Gasteiger partial charge in [-0.2, -0.15) is 10.3 Å². The van der Waals surface area contributed by atoms with Crippen LogP contribution in [0.3, 0.4) is 0 Å². The first kappa shape index (κ1) is 14.2. The maximum atomic E-state index is 11.7. The van der Waals surface area contributed by atoms with Gasteiger partial charge < -0.3 is 14.9 Å². The number of H-pyrrole nitrogens is 1. The molecule has 0 aliphatic heterocycles. The van der Waals surface area contributed by atoms with Gasteiger partial charge in [0.15, 0.2) is 11.4 Å². The lowest BCUT2D eigenvalue weighted by molar-refractivity contribution is -0.385.